The largest absolute Gasteiger partial charge is 0.375 e. The van der Waals surface area contributed by atoms with E-state index < -0.39 is 0 Å². The van der Waals surface area contributed by atoms with Crippen LogP contribution in [0.3, 0.4) is 0 Å². The van der Waals surface area contributed by atoms with Gasteiger partial charge in [-0.1, -0.05) is 13.8 Å². The highest BCUT2D eigenvalue weighted by Crippen LogP contribution is 2.18. The minimum absolute atomic E-state index is 0.666. The highest BCUT2D eigenvalue weighted by molar-refractivity contribution is 7.15. The van der Waals surface area contributed by atoms with Crippen LogP contribution in [0.15, 0.2) is 0 Å². The number of thiazole rings is 1. The first kappa shape index (κ1) is 10.5. The van der Waals surface area contributed by atoms with Crippen LogP contribution in [0.2, 0.25) is 0 Å². The first-order chi connectivity index (χ1) is 6.09. The maximum Gasteiger partial charge on any atom is 0.180 e. The van der Waals surface area contributed by atoms with Gasteiger partial charge in [-0.05, 0) is 19.4 Å². The predicted molar refractivity (Wildman–Crippen MR) is 57.8 cm³/mol. The molecule has 0 aliphatic heterocycles. The van der Waals surface area contributed by atoms with Crippen LogP contribution in [0.4, 0.5) is 5.13 Å². The van der Waals surface area contributed by atoms with E-state index in [-0.39, 0.29) is 0 Å². The summed E-state index contributed by atoms with van der Waals surface area (Å²) in [5.41, 5.74) is 6.64. The lowest BCUT2D eigenvalue weighted by Gasteiger charge is -2.05. The van der Waals surface area contributed by atoms with Crippen LogP contribution >= 0.6 is 11.3 Å². The SMILES string of the molecule is Cc1nc(N)sc1CNCC(C)C. The third kappa shape index (κ3) is 3.32. The average molecular weight is 199 g/mol. The highest BCUT2D eigenvalue weighted by atomic mass is 32.1. The number of nitrogens with two attached hydrogens (primary N) is 1. The molecule has 4 heteroatoms. The van der Waals surface area contributed by atoms with Crippen molar-refractivity contribution in [2.24, 2.45) is 5.92 Å². The second-order valence-electron chi connectivity index (χ2n) is 3.59. The van der Waals surface area contributed by atoms with Crippen molar-refractivity contribution in [3.8, 4) is 0 Å². The molecule has 3 nitrogen and oxygen atoms in total. The smallest absolute Gasteiger partial charge is 0.180 e. The first-order valence-electron chi connectivity index (χ1n) is 4.52. The zero-order chi connectivity index (χ0) is 9.84. The fourth-order valence-electron chi connectivity index (χ4n) is 1.09. The Morgan fingerprint density at radius 1 is 1.54 bits per heavy atom. The molecule has 1 heterocycles. The van der Waals surface area contributed by atoms with Crippen molar-refractivity contribution in [2.75, 3.05) is 12.3 Å². The molecule has 0 aliphatic rings. The average Bonchev–Trinajstić information content (AvgIpc) is 2.29. The lowest BCUT2D eigenvalue weighted by atomic mass is 10.2. The summed E-state index contributed by atoms with van der Waals surface area (Å²) in [5, 5.41) is 4.04. The van der Waals surface area contributed by atoms with Gasteiger partial charge in [0.25, 0.3) is 0 Å². The molecule has 0 amide bonds. The van der Waals surface area contributed by atoms with Gasteiger partial charge < -0.3 is 11.1 Å². The number of rotatable bonds is 4. The summed E-state index contributed by atoms with van der Waals surface area (Å²) in [6, 6.07) is 0. The van der Waals surface area contributed by atoms with E-state index in [1.807, 2.05) is 6.92 Å². The zero-order valence-electron chi connectivity index (χ0n) is 8.42. The number of nitrogen functional groups attached to an aromatic ring is 1. The molecule has 0 radical (unpaired) electrons. The Balaban J connectivity index is 2.40. The van der Waals surface area contributed by atoms with Gasteiger partial charge in [-0.2, -0.15) is 0 Å². The molecule has 0 atom stereocenters. The Labute approximate surface area is 83.4 Å². The molecule has 3 N–H and O–H groups in total. The van der Waals surface area contributed by atoms with Crippen LogP contribution in [0.25, 0.3) is 0 Å². The standard InChI is InChI=1S/C9H17N3S/c1-6(2)4-11-5-8-7(3)12-9(10)13-8/h6,11H,4-5H2,1-3H3,(H2,10,12). The summed E-state index contributed by atoms with van der Waals surface area (Å²) in [4.78, 5) is 5.41. The van der Waals surface area contributed by atoms with Crippen LogP contribution < -0.4 is 11.1 Å². The third-order valence-electron chi connectivity index (χ3n) is 1.75. The van der Waals surface area contributed by atoms with Gasteiger partial charge >= 0.3 is 0 Å². The van der Waals surface area contributed by atoms with E-state index >= 15 is 0 Å². The third-order valence-corrected chi connectivity index (χ3v) is 2.73. The van der Waals surface area contributed by atoms with Crippen molar-refractivity contribution in [1.29, 1.82) is 0 Å². The Kier molecular flexibility index (Phi) is 3.69. The lowest BCUT2D eigenvalue weighted by Crippen LogP contribution is -2.18. The van der Waals surface area contributed by atoms with E-state index in [4.69, 9.17) is 5.73 Å². The Hall–Kier alpha value is -0.610. The number of hydrogen-bond donors (Lipinski definition) is 2. The van der Waals surface area contributed by atoms with Crippen LogP contribution in [0, 0.1) is 12.8 Å². The number of nitrogens with one attached hydrogen (secondary N) is 1. The number of aryl methyl sites for hydroxylation is 1. The summed E-state index contributed by atoms with van der Waals surface area (Å²) in [7, 11) is 0. The fraction of sp³-hybridized carbons (Fsp3) is 0.667. The maximum absolute atomic E-state index is 5.59. The summed E-state index contributed by atoms with van der Waals surface area (Å²) >= 11 is 1.57. The molecule has 0 bridgehead atoms. The second-order valence-corrected chi connectivity index (χ2v) is 4.70. The predicted octanol–water partition coefficient (Wildman–Crippen LogP) is 1.78. The molecular weight excluding hydrogens is 182 g/mol. The van der Waals surface area contributed by atoms with Crippen LogP contribution in [-0.2, 0) is 6.54 Å². The number of anilines is 1. The molecule has 1 rings (SSSR count). The van der Waals surface area contributed by atoms with E-state index in [0.717, 1.165) is 18.8 Å². The minimum Gasteiger partial charge on any atom is -0.375 e. The van der Waals surface area contributed by atoms with E-state index in [0.29, 0.717) is 11.0 Å². The van der Waals surface area contributed by atoms with E-state index in [2.05, 4.69) is 24.1 Å². The van der Waals surface area contributed by atoms with Gasteiger partial charge in [0, 0.05) is 11.4 Å². The molecule has 0 aliphatic carbocycles. The first-order valence-corrected chi connectivity index (χ1v) is 5.33. The lowest BCUT2D eigenvalue weighted by molar-refractivity contribution is 0.554. The topological polar surface area (TPSA) is 50.9 Å². The number of aromatic nitrogens is 1. The Bertz CT molecular complexity index is 268. The maximum atomic E-state index is 5.59. The molecule has 0 unspecified atom stereocenters. The molecule has 1 aromatic heterocycles. The van der Waals surface area contributed by atoms with Gasteiger partial charge in [-0.3, -0.25) is 0 Å². The zero-order valence-corrected chi connectivity index (χ0v) is 9.24. The molecule has 0 saturated carbocycles. The molecule has 74 valence electrons. The van der Waals surface area contributed by atoms with E-state index in [1.165, 1.54) is 4.88 Å². The van der Waals surface area contributed by atoms with E-state index in [1.54, 1.807) is 11.3 Å². The van der Waals surface area contributed by atoms with E-state index in [9.17, 15) is 0 Å². The van der Waals surface area contributed by atoms with Gasteiger partial charge in [-0.25, -0.2) is 4.98 Å². The van der Waals surface area contributed by atoms with Gasteiger partial charge in [0.2, 0.25) is 0 Å². The quantitative estimate of drug-likeness (QED) is 0.777. The molecule has 0 aromatic carbocycles. The fourth-order valence-corrected chi connectivity index (χ4v) is 1.89. The molecule has 13 heavy (non-hydrogen) atoms. The second kappa shape index (κ2) is 4.58. The molecule has 1 aromatic rings. The summed E-state index contributed by atoms with van der Waals surface area (Å²) in [6.45, 7) is 8.32. The van der Waals surface area contributed by atoms with Crippen molar-refractivity contribution < 1.29 is 0 Å². The molecular formula is C9H17N3S. The van der Waals surface area contributed by atoms with Crippen LogP contribution in [-0.4, -0.2) is 11.5 Å². The van der Waals surface area contributed by atoms with Crippen molar-refractivity contribution in [3.05, 3.63) is 10.6 Å². The van der Waals surface area contributed by atoms with Gasteiger partial charge in [-0.15, -0.1) is 11.3 Å². The van der Waals surface area contributed by atoms with Crippen molar-refractivity contribution in [2.45, 2.75) is 27.3 Å². The van der Waals surface area contributed by atoms with Gasteiger partial charge in [0.15, 0.2) is 5.13 Å². The number of hydrogen-bond acceptors (Lipinski definition) is 4. The molecule has 0 fully saturated rings. The summed E-state index contributed by atoms with van der Waals surface area (Å²) < 4.78 is 0. The molecule has 0 spiro atoms. The molecule has 0 saturated heterocycles. The monoisotopic (exact) mass is 199 g/mol. The minimum atomic E-state index is 0.666. The van der Waals surface area contributed by atoms with Crippen molar-refractivity contribution in [3.63, 3.8) is 0 Å². The Morgan fingerprint density at radius 3 is 2.69 bits per heavy atom. The van der Waals surface area contributed by atoms with Crippen LogP contribution in [0.1, 0.15) is 24.4 Å². The van der Waals surface area contributed by atoms with Crippen molar-refractivity contribution in [1.82, 2.24) is 10.3 Å². The van der Waals surface area contributed by atoms with Gasteiger partial charge in [0.1, 0.15) is 0 Å². The highest BCUT2D eigenvalue weighted by Gasteiger charge is 2.04. The Morgan fingerprint density at radius 2 is 2.23 bits per heavy atom. The summed E-state index contributed by atoms with van der Waals surface area (Å²) in [6.07, 6.45) is 0. The van der Waals surface area contributed by atoms with Crippen molar-refractivity contribution >= 4 is 16.5 Å². The summed E-state index contributed by atoms with van der Waals surface area (Å²) in [5.74, 6) is 0.686. The number of nitrogens with zero attached hydrogens (tertiary/aromatic N) is 1. The van der Waals surface area contributed by atoms with Gasteiger partial charge in [0.05, 0.1) is 5.69 Å². The van der Waals surface area contributed by atoms with Crippen LogP contribution in [0.5, 0.6) is 0 Å². The normalized spacial score (nSPS) is 11.1.